The highest BCUT2D eigenvalue weighted by molar-refractivity contribution is 6.07. The third-order valence-corrected chi connectivity index (χ3v) is 4.81. The van der Waals surface area contributed by atoms with E-state index in [1.54, 1.807) is 6.20 Å². The number of benzene rings is 1. The summed E-state index contributed by atoms with van der Waals surface area (Å²) in [7, 11) is 0. The van der Waals surface area contributed by atoms with Gasteiger partial charge in [0.1, 0.15) is 6.10 Å². The molecule has 1 fully saturated rings. The molecule has 1 atom stereocenters. The van der Waals surface area contributed by atoms with Gasteiger partial charge in [0.05, 0.1) is 18.7 Å². The molecule has 1 amide bonds. The molecule has 0 radical (unpaired) electrons. The fourth-order valence-corrected chi connectivity index (χ4v) is 3.46. The first-order valence-corrected chi connectivity index (χ1v) is 8.95. The molecular formula is C20H22N4O2. The lowest BCUT2D eigenvalue weighted by Crippen LogP contribution is -2.42. The van der Waals surface area contributed by atoms with Crippen LogP contribution in [0, 0.1) is 6.92 Å². The molecule has 1 aromatic carbocycles. The van der Waals surface area contributed by atoms with Crippen molar-refractivity contribution in [3.8, 4) is 0 Å². The average molecular weight is 350 g/mol. The van der Waals surface area contributed by atoms with Crippen LogP contribution >= 0.6 is 0 Å². The first-order chi connectivity index (χ1) is 12.7. The zero-order valence-corrected chi connectivity index (χ0v) is 15.1. The van der Waals surface area contributed by atoms with Crippen molar-refractivity contribution in [3.05, 3.63) is 59.8 Å². The van der Waals surface area contributed by atoms with Gasteiger partial charge in [-0.3, -0.25) is 4.79 Å². The summed E-state index contributed by atoms with van der Waals surface area (Å²) in [5.41, 5.74) is 2.73. The van der Waals surface area contributed by atoms with Crippen molar-refractivity contribution < 1.29 is 9.53 Å². The smallest absolute Gasteiger partial charge is 0.256 e. The zero-order valence-electron chi connectivity index (χ0n) is 15.1. The number of carbonyl (C=O) groups excluding carboxylic acids is 1. The first kappa shape index (κ1) is 16.7. The second kappa shape index (κ2) is 6.88. The lowest BCUT2D eigenvalue weighted by Gasteiger charge is -2.32. The number of morpholine rings is 1. The van der Waals surface area contributed by atoms with Crippen LogP contribution in [-0.4, -0.2) is 45.0 Å². The van der Waals surface area contributed by atoms with E-state index in [4.69, 9.17) is 4.74 Å². The third-order valence-electron chi connectivity index (χ3n) is 4.81. The van der Waals surface area contributed by atoms with Gasteiger partial charge in [0.25, 0.3) is 5.91 Å². The van der Waals surface area contributed by atoms with Gasteiger partial charge in [-0.15, -0.1) is 0 Å². The van der Waals surface area contributed by atoms with Gasteiger partial charge in [-0.1, -0.05) is 18.2 Å². The predicted octanol–water partition coefficient (Wildman–Crippen LogP) is 2.97. The number of hydrogen-bond acceptors (Lipinski definition) is 4. The number of aryl methyl sites for hydroxylation is 2. The fourth-order valence-electron chi connectivity index (χ4n) is 3.46. The number of ether oxygens (including phenoxy) is 1. The highest BCUT2D eigenvalue weighted by atomic mass is 16.5. The molecular weight excluding hydrogens is 328 g/mol. The topological polar surface area (TPSA) is 60.2 Å². The van der Waals surface area contributed by atoms with Crippen LogP contribution in [0.15, 0.2) is 42.7 Å². The second-order valence-electron chi connectivity index (χ2n) is 6.51. The summed E-state index contributed by atoms with van der Waals surface area (Å²) in [5, 5.41) is 0.995. The number of para-hydroxylation sites is 1. The number of nitrogens with zero attached hydrogens (tertiary/aromatic N) is 4. The summed E-state index contributed by atoms with van der Waals surface area (Å²) < 4.78 is 7.94. The Morgan fingerprint density at radius 3 is 2.96 bits per heavy atom. The largest absolute Gasteiger partial charge is 0.367 e. The molecule has 134 valence electrons. The van der Waals surface area contributed by atoms with Crippen molar-refractivity contribution in [2.45, 2.75) is 26.5 Å². The Bertz CT molecular complexity index is 950. The number of carbonyl (C=O) groups is 1. The van der Waals surface area contributed by atoms with Crippen LogP contribution in [0.25, 0.3) is 10.9 Å². The number of amides is 1. The molecule has 1 unspecified atom stereocenters. The van der Waals surface area contributed by atoms with Crippen LogP contribution < -0.4 is 0 Å². The first-order valence-electron chi connectivity index (χ1n) is 8.95. The minimum Gasteiger partial charge on any atom is -0.367 e. The quantitative estimate of drug-likeness (QED) is 0.729. The molecule has 0 aliphatic carbocycles. The minimum atomic E-state index is -0.285. The molecule has 4 rings (SSSR count). The van der Waals surface area contributed by atoms with Crippen molar-refractivity contribution in [2.75, 3.05) is 19.7 Å². The summed E-state index contributed by atoms with van der Waals surface area (Å²) in [6.45, 7) is 6.37. The molecule has 0 saturated carbocycles. The van der Waals surface area contributed by atoms with E-state index < -0.39 is 0 Å². The summed E-state index contributed by atoms with van der Waals surface area (Å²) in [5.74, 6) is 0.674. The van der Waals surface area contributed by atoms with Crippen LogP contribution in [0.5, 0.6) is 0 Å². The van der Waals surface area contributed by atoms with Gasteiger partial charge < -0.3 is 14.2 Å². The molecule has 1 aliphatic heterocycles. The lowest BCUT2D eigenvalue weighted by atomic mass is 10.1. The van der Waals surface area contributed by atoms with Crippen molar-refractivity contribution in [2.24, 2.45) is 0 Å². The Kier molecular flexibility index (Phi) is 4.42. The van der Waals surface area contributed by atoms with Gasteiger partial charge in [0.15, 0.2) is 5.82 Å². The highest BCUT2D eigenvalue weighted by Gasteiger charge is 2.29. The van der Waals surface area contributed by atoms with Crippen LogP contribution in [0.3, 0.4) is 0 Å². The standard InChI is InChI=1S/C20H22N4O2/c1-3-23-12-16(15-6-4-5-7-17(15)23)20(25)24-10-11-26-18(13-24)19-21-9-8-14(2)22-19/h4-9,12,18H,3,10-11,13H2,1-2H3. The molecule has 0 N–H and O–H groups in total. The van der Waals surface area contributed by atoms with E-state index in [1.807, 2.05) is 42.3 Å². The van der Waals surface area contributed by atoms with Gasteiger partial charge in [0.2, 0.25) is 0 Å². The number of rotatable bonds is 3. The average Bonchev–Trinajstić information content (AvgIpc) is 3.06. The van der Waals surface area contributed by atoms with Crippen molar-refractivity contribution in [3.63, 3.8) is 0 Å². The van der Waals surface area contributed by atoms with Gasteiger partial charge in [-0.25, -0.2) is 9.97 Å². The summed E-state index contributed by atoms with van der Waals surface area (Å²) in [6, 6.07) is 9.90. The number of fused-ring (bicyclic) bond motifs is 1. The molecule has 6 nitrogen and oxygen atoms in total. The SMILES string of the molecule is CCn1cc(C(=O)N2CCOC(c3nccc(C)n3)C2)c2ccccc21. The van der Waals surface area contributed by atoms with Gasteiger partial charge >= 0.3 is 0 Å². The van der Waals surface area contributed by atoms with E-state index in [1.165, 1.54) is 0 Å². The molecule has 1 aliphatic rings. The van der Waals surface area contributed by atoms with Gasteiger partial charge in [-0.05, 0) is 26.0 Å². The maximum absolute atomic E-state index is 13.2. The van der Waals surface area contributed by atoms with Gasteiger partial charge in [-0.2, -0.15) is 0 Å². The zero-order chi connectivity index (χ0) is 18.1. The van der Waals surface area contributed by atoms with Gasteiger partial charge in [0, 0.05) is 42.1 Å². The summed E-state index contributed by atoms with van der Waals surface area (Å²) in [6.07, 6.45) is 3.41. The number of aromatic nitrogens is 3. The molecule has 26 heavy (non-hydrogen) atoms. The monoisotopic (exact) mass is 350 g/mol. The minimum absolute atomic E-state index is 0.0364. The fraction of sp³-hybridized carbons (Fsp3) is 0.350. The summed E-state index contributed by atoms with van der Waals surface area (Å²) in [4.78, 5) is 23.8. The van der Waals surface area contributed by atoms with Crippen molar-refractivity contribution in [1.29, 1.82) is 0 Å². The van der Waals surface area contributed by atoms with Crippen LogP contribution in [-0.2, 0) is 11.3 Å². The number of hydrogen-bond donors (Lipinski definition) is 0. The molecule has 0 spiro atoms. The molecule has 3 aromatic rings. The van der Waals surface area contributed by atoms with Crippen LogP contribution in [0.1, 0.15) is 34.9 Å². The molecule has 2 aromatic heterocycles. The van der Waals surface area contributed by atoms with E-state index in [2.05, 4.69) is 27.5 Å². The molecule has 6 heteroatoms. The summed E-state index contributed by atoms with van der Waals surface area (Å²) >= 11 is 0. The normalized spacial score (nSPS) is 17.6. The van der Waals surface area contributed by atoms with E-state index in [9.17, 15) is 4.79 Å². The highest BCUT2D eigenvalue weighted by Crippen LogP contribution is 2.25. The molecule has 3 heterocycles. The molecule has 1 saturated heterocycles. The van der Waals surface area contributed by atoms with E-state index >= 15 is 0 Å². The maximum Gasteiger partial charge on any atom is 0.256 e. The second-order valence-corrected chi connectivity index (χ2v) is 6.51. The Morgan fingerprint density at radius 1 is 1.31 bits per heavy atom. The van der Waals surface area contributed by atoms with Crippen molar-refractivity contribution >= 4 is 16.8 Å². The van der Waals surface area contributed by atoms with Crippen LogP contribution in [0.2, 0.25) is 0 Å². The third kappa shape index (κ3) is 2.97. The molecule has 0 bridgehead atoms. The van der Waals surface area contributed by atoms with E-state index in [0.29, 0.717) is 25.5 Å². The maximum atomic E-state index is 13.2. The van der Waals surface area contributed by atoms with E-state index in [-0.39, 0.29) is 12.0 Å². The predicted molar refractivity (Wildman–Crippen MR) is 99.0 cm³/mol. The Labute approximate surface area is 152 Å². The Balaban J connectivity index is 1.62. The Hall–Kier alpha value is -2.73. The van der Waals surface area contributed by atoms with E-state index in [0.717, 1.165) is 28.7 Å². The lowest BCUT2D eigenvalue weighted by molar-refractivity contribution is -0.0268. The van der Waals surface area contributed by atoms with Crippen molar-refractivity contribution in [1.82, 2.24) is 19.4 Å². The Morgan fingerprint density at radius 2 is 2.15 bits per heavy atom. The van der Waals surface area contributed by atoms with Crippen LogP contribution in [0.4, 0.5) is 0 Å².